The molecule has 3 amide bonds. The Bertz CT molecular complexity index is 717. The van der Waals surface area contributed by atoms with Crippen molar-refractivity contribution in [3.05, 3.63) is 30.1 Å². The Balaban J connectivity index is 1.33. The van der Waals surface area contributed by atoms with Crippen LogP contribution < -0.4 is 0 Å². The van der Waals surface area contributed by atoms with E-state index < -0.39 is 0 Å². The summed E-state index contributed by atoms with van der Waals surface area (Å²) in [5.41, 5.74) is 0.958. The van der Waals surface area contributed by atoms with Gasteiger partial charge in [0.05, 0.1) is 12.5 Å². The van der Waals surface area contributed by atoms with E-state index in [1.54, 1.807) is 22.2 Å². The molecular weight excluding hydrogens is 344 g/mol. The number of hydrogen-bond acceptors (Lipinski definition) is 4. The molecular formula is C20H26N4O3. The van der Waals surface area contributed by atoms with Crippen molar-refractivity contribution in [3.8, 4) is 0 Å². The number of nitrogens with zero attached hydrogens (tertiary/aromatic N) is 4. The van der Waals surface area contributed by atoms with Crippen molar-refractivity contribution in [1.82, 2.24) is 19.7 Å². The highest BCUT2D eigenvalue weighted by atomic mass is 16.2. The van der Waals surface area contributed by atoms with Crippen LogP contribution in [-0.4, -0.2) is 69.6 Å². The van der Waals surface area contributed by atoms with Gasteiger partial charge in [-0.25, -0.2) is 0 Å². The van der Waals surface area contributed by atoms with Crippen LogP contribution in [0.25, 0.3) is 0 Å². The monoisotopic (exact) mass is 370 g/mol. The van der Waals surface area contributed by atoms with Gasteiger partial charge in [0.15, 0.2) is 0 Å². The van der Waals surface area contributed by atoms with Gasteiger partial charge in [-0.05, 0) is 24.5 Å². The summed E-state index contributed by atoms with van der Waals surface area (Å²) in [6, 6.07) is 4.13. The van der Waals surface area contributed by atoms with Gasteiger partial charge < -0.3 is 14.7 Å². The molecule has 27 heavy (non-hydrogen) atoms. The molecule has 1 saturated carbocycles. The molecule has 7 heteroatoms. The van der Waals surface area contributed by atoms with Crippen molar-refractivity contribution in [2.45, 2.75) is 44.7 Å². The molecule has 1 aromatic rings. The fraction of sp³-hybridized carbons (Fsp3) is 0.600. The molecule has 0 unspecified atom stereocenters. The first-order valence-electron chi connectivity index (χ1n) is 9.87. The van der Waals surface area contributed by atoms with E-state index in [0.29, 0.717) is 32.2 Å². The van der Waals surface area contributed by atoms with E-state index >= 15 is 0 Å². The average molecular weight is 370 g/mol. The quantitative estimate of drug-likeness (QED) is 0.794. The highest BCUT2D eigenvalue weighted by molar-refractivity contribution is 5.92. The van der Waals surface area contributed by atoms with Crippen LogP contribution in [0.2, 0.25) is 0 Å². The smallest absolute Gasteiger partial charge is 0.242 e. The molecule has 4 rings (SSSR count). The Kier molecular flexibility index (Phi) is 5.09. The third-order valence-electron chi connectivity index (χ3n) is 5.99. The molecule has 0 aromatic carbocycles. The molecule has 0 spiro atoms. The fourth-order valence-corrected chi connectivity index (χ4v) is 4.54. The van der Waals surface area contributed by atoms with Crippen molar-refractivity contribution in [2.75, 3.05) is 26.2 Å². The molecule has 0 bridgehead atoms. The van der Waals surface area contributed by atoms with Crippen LogP contribution in [0.3, 0.4) is 0 Å². The predicted octanol–water partition coefficient (Wildman–Crippen LogP) is 1.04. The zero-order valence-corrected chi connectivity index (χ0v) is 15.5. The first kappa shape index (κ1) is 17.9. The Morgan fingerprint density at radius 2 is 1.96 bits per heavy atom. The van der Waals surface area contributed by atoms with Gasteiger partial charge in [-0.15, -0.1) is 0 Å². The molecule has 3 heterocycles. The van der Waals surface area contributed by atoms with Crippen LogP contribution >= 0.6 is 0 Å². The zero-order chi connectivity index (χ0) is 18.8. The number of pyridine rings is 1. The standard InChI is InChI=1S/C20H26N4O3/c25-18-10-16(13-23(18)12-15-4-3-7-21-11-15)20(27)22-8-9-24(19(26)14-22)17-5-1-2-6-17/h3-4,7,11,16-17H,1-2,5-6,8-10,12-14H2/t16-/m0/s1. The fourth-order valence-electron chi connectivity index (χ4n) is 4.54. The Hall–Kier alpha value is -2.44. The minimum Gasteiger partial charge on any atom is -0.337 e. The summed E-state index contributed by atoms with van der Waals surface area (Å²) >= 11 is 0. The number of carbonyl (C=O) groups excluding carboxylic acids is 3. The normalized spacial score (nSPS) is 24.1. The van der Waals surface area contributed by atoms with Gasteiger partial charge >= 0.3 is 0 Å². The van der Waals surface area contributed by atoms with Gasteiger partial charge in [-0.3, -0.25) is 19.4 Å². The Morgan fingerprint density at radius 1 is 1.15 bits per heavy atom. The second kappa shape index (κ2) is 7.66. The number of rotatable bonds is 4. The van der Waals surface area contributed by atoms with Crippen LogP contribution in [0.4, 0.5) is 0 Å². The summed E-state index contributed by atoms with van der Waals surface area (Å²) in [7, 11) is 0. The van der Waals surface area contributed by atoms with Crippen molar-refractivity contribution in [2.24, 2.45) is 5.92 Å². The van der Waals surface area contributed by atoms with E-state index in [4.69, 9.17) is 0 Å². The first-order valence-corrected chi connectivity index (χ1v) is 9.87. The molecule has 144 valence electrons. The molecule has 7 nitrogen and oxygen atoms in total. The van der Waals surface area contributed by atoms with Gasteiger partial charge in [-0.1, -0.05) is 18.9 Å². The lowest BCUT2D eigenvalue weighted by Gasteiger charge is -2.38. The molecule has 2 saturated heterocycles. The minimum atomic E-state index is -0.347. The summed E-state index contributed by atoms with van der Waals surface area (Å²) in [6.07, 6.45) is 8.21. The molecule has 3 aliphatic rings. The second-order valence-corrected chi connectivity index (χ2v) is 7.82. The molecule has 1 atom stereocenters. The maximum atomic E-state index is 12.9. The van der Waals surface area contributed by atoms with Crippen LogP contribution in [0.5, 0.6) is 0 Å². The number of carbonyl (C=O) groups is 3. The van der Waals surface area contributed by atoms with Gasteiger partial charge in [-0.2, -0.15) is 0 Å². The first-order chi connectivity index (χ1) is 13.1. The topological polar surface area (TPSA) is 73.8 Å². The van der Waals surface area contributed by atoms with Crippen LogP contribution in [0, 0.1) is 5.92 Å². The Morgan fingerprint density at radius 3 is 2.67 bits per heavy atom. The maximum absolute atomic E-state index is 12.9. The SMILES string of the molecule is O=C1C[C@H](C(=O)N2CCN(C3CCCC3)C(=O)C2)CN1Cc1cccnc1. The number of piperazine rings is 1. The molecule has 3 fully saturated rings. The number of amides is 3. The molecule has 1 aromatic heterocycles. The molecule has 2 aliphatic heterocycles. The van der Waals surface area contributed by atoms with Crippen molar-refractivity contribution < 1.29 is 14.4 Å². The lowest BCUT2D eigenvalue weighted by Crippen LogP contribution is -2.56. The van der Waals surface area contributed by atoms with E-state index in [1.807, 2.05) is 17.0 Å². The summed E-state index contributed by atoms with van der Waals surface area (Å²) in [6.45, 7) is 2.25. The highest BCUT2D eigenvalue weighted by Crippen LogP contribution is 2.26. The van der Waals surface area contributed by atoms with E-state index in [9.17, 15) is 14.4 Å². The van der Waals surface area contributed by atoms with Gasteiger partial charge in [0, 0.05) is 51.0 Å². The number of aromatic nitrogens is 1. The molecule has 1 aliphatic carbocycles. The molecule has 0 N–H and O–H groups in total. The Labute approximate surface area is 159 Å². The van der Waals surface area contributed by atoms with E-state index in [0.717, 1.165) is 18.4 Å². The van der Waals surface area contributed by atoms with Crippen molar-refractivity contribution >= 4 is 17.7 Å². The van der Waals surface area contributed by atoms with E-state index in [1.165, 1.54) is 12.8 Å². The summed E-state index contributed by atoms with van der Waals surface area (Å²) < 4.78 is 0. The van der Waals surface area contributed by atoms with Crippen LogP contribution in [0.15, 0.2) is 24.5 Å². The third-order valence-corrected chi connectivity index (χ3v) is 5.99. The maximum Gasteiger partial charge on any atom is 0.242 e. The third kappa shape index (κ3) is 3.82. The number of hydrogen-bond donors (Lipinski definition) is 0. The van der Waals surface area contributed by atoms with Gasteiger partial charge in [0.25, 0.3) is 0 Å². The zero-order valence-electron chi connectivity index (χ0n) is 15.5. The van der Waals surface area contributed by atoms with Gasteiger partial charge in [0.1, 0.15) is 0 Å². The summed E-state index contributed by atoms with van der Waals surface area (Å²) in [4.78, 5) is 47.1. The number of likely N-dealkylation sites (tertiary alicyclic amines) is 1. The van der Waals surface area contributed by atoms with E-state index in [-0.39, 0.29) is 36.6 Å². The lowest BCUT2D eigenvalue weighted by atomic mass is 10.1. The summed E-state index contributed by atoms with van der Waals surface area (Å²) in [5.74, 6) is -0.359. The van der Waals surface area contributed by atoms with E-state index in [2.05, 4.69) is 4.98 Å². The predicted molar refractivity (Wildman–Crippen MR) is 98.3 cm³/mol. The largest absolute Gasteiger partial charge is 0.337 e. The highest BCUT2D eigenvalue weighted by Gasteiger charge is 2.39. The van der Waals surface area contributed by atoms with Gasteiger partial charge in [0.2, 0.25) is 17.7 Å². The summed E-state index contributed by atoms with van der Waals surface area (Å²) in [5, 5.41) is 0. The van der Waals surface area contributed by atoms with Crippen molar-refractivity contribution in [3.63, 3.8) is 0 Å². The second-order valence-electron chi connectivity index (χ2n) is 7.82. The van der Waals surface area contributed by atoms with Crippen LogP contribution in [-0.2, 0) is 20.9 Å². The minimum absolute atomic E-state index is 0.00637. The van der Waals surface area contributed by atoms with Crippen molar-refractivity contribution in [1.29, 1.82) is 0 Å². The molecule has 0 radical (unpaired) electrons. The van der Waals surface area contributed by atoms with Crippen LogP contribution in [0.1, 0.15) is 37.7 Å². The lowest BCUT2D eigenvalue weighted by molar-refractivity contribution is -0.149. The average Bonchev–Trinajstić information content (AvgIpc) is 3.32.